The van der Waals surface area contributed by atoms with Gasteiger partial charge in [0.25, 0.3) is 0 Å². The first-order valence-electron chi connectivity index (χ1n) is 6.89. The van der Waals surface area contributed by atoms with Crippen molar-refractivity contribution in [3.8, 4) is 19.8 Å². The number of rotatable bonds is 2. The first-order valence-corrected chi connectivity index (χ1v) is 11.7. The van der Waals surface area contributed by atoms with Crippen molar-refractivity contribution in [2.45, 2.75) is 0 Å². The fourth-order valence-corrected chi connectivity index (χ4v) is 7.58. The SMILES string of the molecule is Brc1ccc(-c2nc3ccc4nc(-c5ccc(Br)s5)sc4c3s2)s1. The minimum Gasteiger partial charge on any atom is -0.235 e. The molecule has 1 aromatic carbocycles. The Labute approximate surface area is 170 Å². The number of thiophene rings is 2. The molecule has 0 bridgehead atoms. The quantitative estimate of drug-likeness (QED) is 0.240. The highest BCUT2D eigenvalue weighted by Crippen LogP contribution is 2.43. The number of aromatic nitrogens is 2. The van der Waals surface area contributed by atoms with E-state index in [0.29, 0.717) is 0 Å². The molecule has 0 amide bonds. The zero-order valence-corrected chi connectivity index (χ0v) is 18.2. The number of hydrogen-bond acceptors (Lipinski definition) is 6. The molecule has 0 unspecified atom stereocenters. The van der Waals surface area contributed by atoms with Crippen LogP contribution in [-0.2, 0) is 0 Å². The van der Waals surface area contributed by atoms with Gasteiger partial charge in [0.2, 0.25) is 0 Å². The molecular formula is C16H6Br2N2S4. The Morgan fingerprint density at radius 1 is 0.583 bits per heavy atom. The minimum absolute atomic E-state index is 1.05. The molecule has 0 radical (unpaired) electrons. The molecule has 118 valence electrons. The summed E-state index contributed by atoms with van der Waals surface area (Å²) in [6, 6.07) is 12.5. The Bertz CT molecular complexity index is 1100. The summed E-state index contributed by atoms with van der Waals surface area (Å²) < 4.78 is 4.72. The van der Waals surface area contributed by atoms with Gasteiger partial charge >= 0.3 is 0 Å². The van der Waals surface area contributed by atoms with E-state index in [9.17, 15) is 0 Å². The molecule has 4 aromatic heterocycles. The van der Waals surface area contributed by atoms with Crippen molar-refractivity contribution in [2.75, 3.05) is 0 Å². The second kappa shape index (κ2) is 5.96. The van der Waals surface area contributed by atoms with E-state index in [-0.39, 0.29) is 0 Å². The summed E-state index contributed by atoms with van der Waals surface area (Å²) in [6.07, 6.45) is 0. The van der Waals surface area contributed by atoms with E-state index < -0.39 is 0 Å². The van der Waals surface area contributed by atoms with Crippen LogP contribution < -0.4 is 0 Å². The van der Waals surface area contributed by atoms with Gasteiger partial charge in [-0.05, 0) is 68.3 Å². The van der Waals surface area contributed by atoms with Crippen LogP contribution in [0.4, 0.5) is 0 Å². The highest BCUT2D eigenvalue weighted by molar-refractivity contribution is 9.11. The van der Waals surface area contributed by atoms with Crippen molar-refractivity contribution in [1.82, 2.24) is 9.97 Å². The van der Waals surface area contributed by atoms with Gasteiger partial charge in [0.15, 0.2) is 0 Å². The lowest BCUT2D eigenvalue weighted by Crippen LogP contribution is -1.71. The summed E-state index contributed by atoms with van der Waals surface area (Å²) in [5, 5.41) is 2.14. The smallest absolute Gasteiger partial charge is 0.134 e. The Morgan fingerprint density at radius 3 is 1.42 bits per heavy atom. The summed E-state index contributed by atoms with van der Waals surface area (Å²) in [5.41, 5.74) is 2.10. The zero-order valence-electron chi connectivity index (χ0n) is 11.7. The summed E-state index contributed by atoms with van der Waals surface area (Å²) in [7, 11) is 0. The van der Waals surface area contributed by atoms with Gasteiger partial charge in [0.05, 0.1) is 37.8 Å². The van der Waals surface area contributed by atoms with E-state index in [1.54, 1.807) is 45.3 Å². The Morgan fingerprint density at radius 2 is 1.04 bits per heavy atom. The van der Waals surface area contributed by atoms with Crippen molar-refractivity contribution in [3.05, 3.63) is 44.0 Å². The third kappa shape index (κ3) is 2.60. The third-order valence-electron chi connectivity index (χ3n) is 3.48. The lowest BCUT2D eigenvalue weighted by atomic mass is 10.3. The maximum Gasteiger partial charge on any atom is 0.134 e. The summed E-state index contributed by atoms with van der Waals surface area (Å²) in [4.78, 5) is 12.0. The molecule has 0 aliphatic rings. The monoisotopic (exact) mass is 512 g/mol. The van der Waals surface area contributed by atoms with Crippen LogP contribution in [0.15, 0.2) is 44.0 Å². The predicted molar refractivity (Wildman–Crippen MR) is 115 cm³/mol. The van der Waals surface area contributed by atoms with Crippen molar-refractivity contribution in [3.63, 3.8) is 0 Å². The second-order valence-electron chi connectivity index (χ2n) is 5.01. The Hall–Kier alpha value is -0.640. The van der Waals surface area contributed by atoms with Crippen LogP contribution in [0.2, 0.25) is 0 Å². The average Bonchev–Trinajstić information content (AvgIpc) is 3.30. The maximum absolute atomic E-state index is 4.81. The van der Waals surface area contributed by atoms with Gasteiger partial charge < -0.3 is 0 Å². The van der Waals surface area contributed by atoms with Crippen LogP contribution in [0, 0.1) is 0 Å². The number of halogens is 2. The van der Waals surface area contributed by atoms with Crippen molar-refractivity contribution < 1.29 is 0 Å². The second-order valence-corrected chi connectivity index (χ2v) is 11.9. The number of nitrogens with zero attached hydrogens (tertiary/aromatic N) is 2. The van der Waals surface area contributed by atoms with E-state index >= 15 is 0 Å². The van der Waals surface area contributed by atoms with Crippen LogP contribution in [0.5, 0.6) is 0 Å². The third-order valence-corrected chi connectivity index (χ3v) is 9.37. The molecule has 5 rings (SSSR count). The topological polar surface area (TPSA) is 25.8 Å². The zero-order chi connectivity index (χ0) is 16.3. The fourth-order valence-electron chi connectivity index (χ4n) is 2.44. The molecule has 0 aliphatic heterocycles. The Kier molecular flexibility index (Phi) is 3.88. The van der Waals surface area contributed by atoms with Gasteiger partial charge in [-0.2, -0.15) is 0 Å². The molecule has 4 heterocycles. The molecule has 0 atom stereocenters. The van der Waals surface area contributed by atoms with Gasteiger partial charge in [-0.1, -0.05) is 0 Å². The lowest BCUT2D eigenvalue weighted by molar-refractivity contribution is 1.49. The molecule has 0 saturated heterocycles. The number of thiazole rings is 2. The van der Waals surface area contributed by atoms with Crippen LogP contribution in [0.1, 0.15) is 0 Å². The molecule has 8 heteroatoms. The van der Waals surface area contributed by atoms with E-state index in [4.69, 9.17) is 9.97 Å². The molecule has 0 fully saturated rings. The summed E-state index contributed by atoms with van der Waals surface area (Å²) in [6.45, 7) is 0. The fraction of sp³-hybridized carbons (Fsp3) is 0. The van der Waals surface area contributed by atoms with Crippen molar-refractivity contribution in [1.29, 1.82) is 0 Å². The molecule has 0 saturated carbocycles. The first-order chi connectivity index (χ1) is 11.7. The standard InChI is InChI=1S/C16H6Br2N2S4/c17-11-5-3-9(21-11)15-19-7-1-2-8-14(13(7)23-15)24-16(20-8)10-4-6-12(18)22-10/h1-6H. The van der Waals surface area contributed by atoms with E-state index in [0.717, 1.165) is 28.6 Å². The summed E-state index contributed by atoms with van der Waals surface area (Å²) >= 11 is 14.0. The molecule has 5 aromatic rings. The van der Waals surface area contributed by atoms with Gasteiger partial charge in [0.1, 0.15) is 10.0 Å². The normalized spacial score (nSPS) is 11.8. The van der Waals surface area contributed by atoms with Crippen LogP contribution in [-0.4, -0.2) is 9.97 Å². The minimum atomic E-state index is 1.05. The Balaban J connectivity index is 1.71. The predicted octanol–water partition coefficient (Wildman–Crippen LogP) is 7.89. The van der Waals surface area contributed by atoms with Gasteiger partial charge in [-0.15, -0.1) is 45.3 Å². The molecule has 24 heavy (non-hydrogen) atoms. The van der Waals surface area contributed by atoms with E-state index in [1.807, 2.05) is 0 Å². The van der Waals surface area contributed by atoms with Gasteiger partial charge in [0, 0.05) is 0 Å². The molecule has 2 nitrogen and oxygen atoms in total. The molecule has 0 spiro atoms. The largest absolute Gasteiger partial charge is 0.235 e. The van der Waals surface area contributed by atoms with Gasteiger partial charge in [-0.3, -0.25) is 0 Å². The van der Waals surface area contributed by atoms with Crippen LogP contribution >= 0.6 is 77.2 Å². The van der Waals surface area contributed by atoms with E-state index in [2.05, 4.69) is 68.3 Å². The number of fused-ring (bicyclic) bond motifs is 3. The molecule has 0 aliphatic carbocycles. The van der Waals surface area contributed by atoms with Crippen molar-refractivity contribution in [2.24, 2.45) is 0 Å². The highest BCUT2D eigenvalue weighted by Gasteiger charge is 2.15. The molecular weight excluding hydrogens is 508 g/mol. The average molecular weight is 514 g/mol. The van der Waals surface area contributed by atoms with Gasteiger partial charge in [-0.25, -0.2) is 9.97 Å². The first kappa shape index (κ1) is 15.6. The number of benzene rings is 1. The van der Waals surface area contributed by atoms with Crippen LogP contribution in [0.3, 0.4) is 0 Å². The van der Waals surface area contributed by atoms with E-state index in [1.165, 1.54) is 19.2 Å². The maximum atomic E-state index is 4.81. The van der Waals surface area contributed by atoms with Crippen molar-refractivity contribution >= 4 is 97.6 Å². The molecule has 0 N–H and O–H groups in total. The summed E-state index contributed by atoms with van der Waals surface area (Å²) in [5.74, 6) is 0. The lowest BCUT2D eigenvalue weighted by Gasteiger charge is -1.87. The van der Waals surface area contributed by atoms with Crippen LogP contribution in [0.25, 0.3) is 40.2 Å². The number of hydrogen-bond donors (Lipinski definition) is 0. The highest BCUT2D eigenvalue weighted by atomic mass is 79.9.